The maximum atomic E-state index is 2.50. The summed E-state index contributed by atoms with van der Waals surface area (Å²) in [6.45, 7) is 4.73. The first-order chi connectivity index (χ1) is 27.0. The van der Waals surface area contributed by atoms with E-state index in [1.807, 2.05) is 0 Å². The number of hydrogen-bond acceptors (Lipinski definition) is 1. The van der Waals surface area contributed by atoms with Crippen molar-refractivity contribution in [3.05, 3.63) is 205 Å². The van der Waals surface area contributed by atoms with Crippen LogP contribution in [-0.4, -0.2) is 4.57 Å². The van der Waals surface area contributed by atoms with Crippen LogP contribution < -0.4 is 4.90 Å². The molecule has 0 atom stereocenters. The molecule has 0 aliphatic heterocycles. The van der Waals surface area contributed by atoms with Gasteiger partial charge in [0, 0.05) is 38.3 Å². The van der Waals surface area contributed by atoms with Gasteiger partial charge in [0.2, 0.25) is 0 Å². The first-order valence-electron chi connectivity index (χ1n) is 19.2. The fraction of sp³-hybridized carbons (Fsp3) is 0.0566. The van der Waals surface area contributed by atoms with Crippen molar-refractivity contribution in [1.82, 2.24) is 4.57 Å². The Morgan fingerprint density at radius 2 is 1.05 bits per heavy atom. The zero-order valence-electron chi connectivity index (χ0n) is 30.9. The lowest BCUT2D eigenvalue weighted by Crippen LogP contribution is -2.14. The first-order valence-corrected chi connectivity index (χ1v) is 19.2. The van der Waals surface area contributed by atoms with Gasteiger partial charge in [-0.05, 0) is 105 Å². The fourth-order valence-electron chi connectivity index (χ4n) is 9.26. The number of nitrogens with zero attached hydrogens (tertiary/aromatic N) is 2. The summed E-state index contributed by atoms with van der Waals surface area (Å²) in [4.78, 5) is 2.40. The SMILES string of the molecule is CC1(C)c2ccccc2-c2cc3c(cc21)c1ccccc1n3-c1ccc(N(c2ccccc2)c2ccc(-c3ccc4ccccc4c3)cc2)c2ccccc12. The fourth-order valence-corrected chi connectivity index (χ4v) is 9.26. The second-order valence-electron chi connectivity index (χ2n) is 15.4. The Kier molecular flexibility index (Phi) is 6.93. The van der Waals surface area contributed by atoms with Gasteiger partial charge in [-0.1, -0.05) is 147 Å². The quantitative estimate of drug-likeness (QED) is 0.173. The normalized spacial score (nSPS) is 13.1. The van der Waals surface area contributed by atoms with Crippen molar-refractivity contribution in [2.24, 2.45) is 0 Å². The summed E-state index contributed by atoms with van der Waals surface area (Å²) in [6, 6.07) is 71.3. The van der Waals surface area contributed by atoms with E-state index in [4.69, 9.17) is 0 Å². The maximum Gasteiger partial charge on any atom is 0.0547 e. The Morgan fingerprint density at radius 3 is 1.89 bits per heavy atom. The highest BCUT2D eigenvalue weighted by Crippen LogP contribution is 2.51. The molecule has 2 heteroatoms. The van der Waals surface area contributed by atoms with Gasteiger partial charge in [0.15, 0.2) is 0 Å². The highest BCUT2D eigenvalue weighted by Gasteiger charge is 2.36. The molecule has 0 radical (unpaired) electrons. The molecule has 0 amide bonds. The summed E-state index contributed by atoms with van der Waals surface area (Å²) in [7, 11) is 0. The molecule has 0 N–H and O–H groups in total. The first kappa shape index (κ1) is 31.6. The Balaban J connectivity index is 1.10. The van der Waals surface area contributed by atoms with E-state index in [1.54, 1.807) is 0 Å². The molecule has 2 nitrogen and oxygen atoms in total. The molecule has 1 aliphatic carbocycles. The van der Waals surface area contributed by atoms with Crippen LogP contribution in [0.4, 0.5) is 17.1 Å². The average Bonchev–Trinajstić information content (AvgIpc) is 3.68. The molecule has 0 unspecified atom stereocenters. The van der Waals surface area contributed by atoms with E-state index >= 15 is 0 Å². The Labute approximate surface area is 321 Å². The minimum Gasteiger partial charge on any atom is -0.310 e. The van der Waals surface area contributed by atoms with Crippen LogP contribution in [0.25, 0.3) is 71.3 Å². The number of aromatic nitrogens is 1. The number of para-hydroxylation sites is 2. The third kappa shape index (κ3) is 4.81. The van der Waals surface area contributed by atoms with Crippen LogP contribution in [0.2, 0.25) is 0 Å². The predicted octanol–water partition coefficient (Wildman–Crippen LogP) is 14.5. The average molecular weight is 703 g/mol. The smallest absolute Gasteiger partial charge is 0.0547 e. The highest BCUT2D eigenvalue weighted by molar-refractivity contribution is 6.13. The minimum absolute atomic E-state index is 0.0633. The summed E-state index contributed by atoms with van der Waals surface area (Å²) in [5.41, 5.74) is 14.8. The second kappa shape index (κ2) is 12.1. The van der Waals surface area contributed by atoms with Crippen LogP contribution in [0.3, 0.4) is 0 Å². The number of hydrogen-bond donors (Lipinski definition) is 0. The van der Waals surface area contributed by atoms with E-state index in [9.17, 15) is 0 Å². The molecule has 1 aliphatic rings. The van der Waals surface area contributed by atoms with Crippen molar-refractivity contribution in [2.45, 2.75) is 19.3 Å². The van der Waals surface area contributed by atoms with Crippen LogP contribution in [0, 0.1) is 0 Å². The summed E-state index contributed by atoms with van der Waals surface area (Å²) < 4.78 is 2.50. The van der Waals surface area contributed by atoms with Crippen molar-refractivity contribution in [3.8, 4) is 27.9 Å². The second-order valence-corrected chi connectivity index (χ2v) is 15.4. The molecule has 9 aromatic carbocycles. The molecule has 0 fully saturated rings. The highest BCUT2D eigenvalue weighted by atomic mass is 15.1. The molecular weight excluding hydrogens is 665 g/mol. The lowest BCUT2D eigenvalue weighted by molar-refractivity contribution is 0.661. The molecule has 0 saturated heterocycles. The van der Waals surface area contributed by atoms with E-state index < -0.39 is 0 Å². The van der Waals surface area contributed by atoms with E-state index in [1.165, 1.54) is 82.4 Å². The molecule has 0 bridgehead atoms. The zero-order valence-corrected chi connectivity index (χ0v) is 30.9. The molecule has 0 saturated carbocycles. The van der Waals surface area contributed by atoms with Crippen molar-refractivity contribution in [3.63, 3.8) is 0 Å². The lowest BCUT2D eigenvalue weighted by Gasteiger charge is -2.28. The standard InChI is InChI=1S/C53H38N2/c1-53(2)47-22-12-10-18-41(47)45-34-52-46(33-48(45)53)44-21-11-13-23-49(44)55(52)51-31-30-50(42-19-8-9-20-43(42)51)54(39-16-4-3-5-17-39)40-28-26-36(27-29-40)38-25-24-35-14-6-7-15-37(35)32-38/h3-34H,1-2H3. The summed E-state index contributed by atoms with van der Waals surface area (Å²) >= 11 is 0. The molecule has 11 rings (SSSR count). The molecule has 10 aromatic rings. The van der Waals surface area contributed by atoms with Crippen LogP contribution in [-0.2, 0) is 5.41 Å². The van der Waals surface area contributed by atoms with Gasteiger partial charge in [-0.2, -0.15) is 0 Å². The van der Waals surface area contributed by atoms with Gasteiger partial charge < -0.3 is 9.47 Å². The van der Waals surface area contributed by atoms with Gasteiger partial charge in [0.25, 0.3) is 0 Å². The van der Waals surface area contributed by atoms with Crippen LogP contribution in [0.1, 0.15) is 25.0 Å². The van der Waals surface area contributed by atoms with Crippen molar-refractivity contribution in [2.75, 3.05) is 4.90 Å². The third-order valence-electron chi connectivity index (χ3n) is 12.0. The molecule has 0 spiro atoms. The lowest BCUT2D eigenvalue weighted by atomic mass is 9.82. The number of rotatable bonds is 5. The topological polar surface area (TPSA) is 8.17 Å². The Morgan fingerprint density at radius 1 is 0.400 bits per heavy atom. The van der Waals surface area contributed by atoms with Crippen LogP contribution >= 0.6 is 0 Å². The van der Waals surface area contributed by atoms with Crippen LogP contribution in [0.15, 0.2) is 194 Å². The molecule has 1 heterocycles. The predicted molar refractivity (Wildman–Crippen MR) is 233 cm³/mol. The number of benzene rings is 9. The third-order valence-corrected chi connectivity index (χ3v) is 12.0. The van der Waals surface area contributed by atoms with Crippen molar-refractivity contribution < 1.29 is 0 Å². The van der Waals surface area contributed by atoms with E-state index in [0.717, 1.165) is 17.1 Å². The van der Waals surface area contributed by atoms with Crippen molar-refractivity contribution in [1.29, 1.82) is 0 Å². The van der Waals surface area contributed by atoms with Crippen molar-refractivity contribution >= 4 is 60.4 Å². The molecule has 1 aromatic heterocycles. The Bertz CT molecular complexity index is 3110. The molecule has 260 valence electrons. The van der Waals surface area contributed by atoms with E-state index in [-0.39, 0.29) is 5.41 Å². The van der Waals surface area contributed by atoms with Gasteiger partial charge in [-0.25, -0.2) is 0 Å². The minimum atomic E-state index is -0.0633. The van der Waals surface area contributed by atoms with Gasteiger partial charge in [-0.15, -0.1) is 0 Å². The molecule has 55 heavy (non-hydrogen) atoms. The van der Waals surface area contributed by atoms with Gasteiger partial charge in [0.05, 0.1) is 22.4 Å². The monoisotopic (exact) mass is 702 g/mol. The largest absolute Gasteiger partial charge is 0.310 e. The van der Waals surface area contributed by atoms with E-state index in [0.29, 0.717) is 0 Å². The van der Waals surface area contributed by atoms with Gasteiger partial charge in [-0.3, -0.25) is 0 Å². The van der Waals surface area contributed by atoms with Crippen LogP contribution in [0.5, 0.6) is 0 Å². The summed E-state index contributed by atoms with van der Waals surface area (Å²) in [5.74, 6) is 0. The zero-order chi connectivity index (χ0) is 36.7. The summed E-state index contributed by atoms with van der Waals surface area (Å²) in [6.07, 6.45) is 0. The van der Waals surface area contributed by atoms with Gasteiger partial charge in [0.1, 0.15) is 0 Å². The number of fused-ring (bicyclic) bond motifs is 8. The van der Waals surface area contributed by atoms with E-state index in [2.05, 4.69) is 217 Å². The number of anilines is 3. The Hall–Kier alpha value is -6.90. The maximum absolute atomic E-state index is 2.50. The molecular formula is C53H38N2. The summed E-state index contributed by atoms with van der Waals surface area (Å²) in [5, 5.41) is 7.48. The van der Waals surface area contributed by atoms with Gasteiger partial charge >= 0.3 is 0 Å².